The summed E-state index contributed by atoms with van der Waals surface area (Å²) in [7, 11) is 1.62. The summed E-state index contributed by atoms with van der Waals surface area (Å²) in [6, 6.07) is 19.2. The smallest absolute Gasteiger partial charge is 0.262 e. The largest absolute Gasteiger partial charge is 1.00 e. The molecule has 0 amide bonds. The van der Waals surface area contributed by atoms with Crippen LogP contribution in [0.25, 0.3) is 0 Å². The van der Waals surface area contributed by atoms with Gasteiger partial charge in [-0.05, 0) is 36.3 Å². The molecule has 0 saturated heterocycles. The standard InChI is InChI=1S/C27H38N6O3.Na/c1-31(28-34)21-26(19-24-13-7-3-8-14-24)33(30-36)22-27(20-25-15-9-4-10-16-25)32(29-35)18-17-23-11-5-2-6-12-23;/h2,4-6,9-12,15-16,24,26-27H,3,7-8,13-14,17-22H2,1H3;/q;+1/t26-,27-;/m0./s1. The Morgan fingerprint density at radius 2 is 1.35 bits per heavy atom. The molecule has 0 spiro atoms. The molecule has 1 saturated carbocycles. The molecule has 3 rings (SSSR count). The summed E-state index contributed by atoms with van der Waals surface area (Å²) in [4.78, 5) is 35.3. The first-order valence-corrected chi connectivity index (χ1v) is 12.9. The van der Waals surface area contributed by atoms with Crippen LogP contribution in [0.15, 0.2) is 76.5 Å². The van der Waals surface area contributed by atoms with E-state index in [4.69, 9.17) is 0 Å². The van der Waals surface area contributed by atoms with Gasteiger partial charge in [0.25, 0.3) is 0 Å². The molecular weight excluding hydrogens is 479 g/mol. The molecule has 194 valence electrons. The Morgan fingerprint density at radius 3 is 1.92 bits per heavy atom. The van der Waals surface area contributed by atoms with Crippen molar-refractivity contribution in [2.45, 2.75) is 63.5 Å². The quantitative estimate of drug-likeness (QED) is 0.193. The topological polar surface area (TPSA) is 98.0 Å². The Hall–Kier alpha value is -2.36. The van der Waals surface area contributed by atoms with E-state index in [1.807, 2.05) is 60.7 Å². The van der Waals surface area contributed by atoms with Crippen molar-refractivity contribution >= 4 is 0 Å². The molecule has 2 aromatic carbocycles. The average Bonchev–Trinajstić information content (AvgIpc) is 2.93. The second kappa shape index (κ2) is 17.2. The van der Waals surface area contributed by atoms with Gasteiger partial charge in [0.15, 0.2) is 0 Å². The van der Waals surface area contributed by atoms with Crippen LogP contribution in [0, 0.1) is 20.6 Å². The molecule has 9 nitrogen and oxygen atoms in total. The van der Waals surface area contributed by atoms with Gasteiger partial charge in [-0.25, -0.2) is 0 Å². The van der Waals surface area contributed by atoms with E-state index < -0.39 is 0 Å². The van der Waals surface area contributed by atoms with E-state index >= 15 is 0 Å². The molecule has 10 heteroatoms. The SMILES string of the molecule is CN(C[C@H](CC1CCCCC1)N(C[C@H](Cc1ccccc1)N(CCc1ccccc1)N=O)N=O)N=O.[Na+]. The molecule has 0 heterocycles. The summed E-state index contributed by atoms with van der Waals surface area (Å²) >= 11 is 0. The Bertz CT molecular complexity index is 917. The summed E-state index contributed by atoms with van der Waals surface area (Å²) in [5.41, 5.74) is 2.17. The van der Waals surface area contributed by atoms with Crippen LogP contribution in [-0.4, -0.2) is 53.8 Å². The van der Waals surface area contributed by atoms with Crippen LogP contribution >= 0.6 is 0 Å². The zero-order chi connectivity index (χ0) is 25.6. The minimum Gasteiger partial charge on any atom is -0.262 e. The zero-order valence-electron chi connectivity index (χ0n) is 22.2. The van der Waals surface area contributed by atoms with Gasteiger partial charge in [0, 0.05) is 13.6 Å². The molecule has 0 N–H and O–H groups in total. The maximum Gasteiger partial charge on any atom is 1.00 e. The van der Waals surface area contributed by atoms with Gasteiger partial charge in [0.1, 0.15) is 0 Å². The summed E-state index contributed by atoms with van der Waals surface area (Å²) in [5.74, 6) is 0.485. The number of rotatable bonds is 16. The normalized spacial score (nSPS) is 15.1. The number of likely N-dealkylation sites (N-methyl/N-ethyl adjacent to an activating group) is 1. The van der Waals surface area contributed by atoms with E-state index in [1.165, 1.54) is 34.3 Å². The molecule has 1 aliphatic carbocycles. The van der Waals surface area contributed by atoms with Crippen molar-refractivity contribution < 1.29 is 29.6 Å². The van der Waals surface area contributed by atoms with Crippen molar-refractivity contribution in [2.75, 3.05) is 26.7 Å². The van der Waals surface area contributed by atoms with Gasteiger partial charge < -0.3 is 0 Å². The number of hydrogen-bond acceptors (Lipinski definition) is 6. The molecule has 0 aliphatic heterocycles. The molecule has 2 aromatic rings. The summed E-state index contributed by atoms with van der Waals surface area (Å²) in [5, 5.41) is 14.2. The molecule has 2 atom stereocenters. The van der Waals surface area contributed by atoms with Crippen molar-refractivity contribution in [1.29, 1.82) is 0 Å². The van der Waals surface area contributed by atoms with E-state index in [-0.39, 0.29) is 48.2 Å². The number of nitroso groups, excluding NO2 is 3. The van der Waals surface area contributed by atoms with Crippen molar-refractivity contribution in [3.63, 3.8) is 0 Å². The molecule has 0 radical (unpaired) electrons. The van der Waals surface area contributed by atoms with E-state index in [2.05, 4.69) is 15.9 Å². The summed E-state index contributed by atoms with van der Waals surface area (Å²) < 4.78 is 0. The van der Waals surface area contributed by atoms with Crippen LogP contribution in [0.3, 0.4) is 0 Å². The Kier molecular flexibility index (Phi) is 14.4. The van der Waals surface area contributed by atoms with Gasteiger partial charge >= 0.3 is 29.6 Å². The van der Waals surface area contributed by atoms with Gasteiger partial charge in [0.2, 0.25) is 0 Å². The molecule has 0 unspecified atom stereocenters. The summed E-state index contributed by atoms with van der Waals surface area (Å²) in [6.45, 7) is 0.978. The van der Waals surface area contributed by atoms with Crippen LogP contribution in [0.2, 0.25) is 0 Å². The van der Waals surface area contributed by atoms with E-state index in [1.54, 1.807) is 7.05 Å². The van der Waals surface area contributed by atoms with Crippen molar-refractivity contribution in [3.8, 4) is 0 Å². The van der Waals surface area contributed by atoms with Gasteiger partial charge in [-0.2, -0.15) is 0 Å². The Labute approximate surface area is 242 Å². The number of hydrogen-bond donors (Lipinski definition) is 0. The van der Waals surface area contributed by atoms with E-state index in [9.17, 15) is 14.7 Å². The van der Waals surface area contributed by atoms with Crippen molar-refractivity contribution in [3.05, 3.63) is 86.5 Å². The third-order valence-electron chi connectivity index (χ3n) is 7.18. The van der Waals surface area contributed by atoms with E-state index in [0.29, 0.717) is 31.8 Å². The minimum atomic E-state index is -0.352. The van der Waals surface area contributed by atoms with E-state index in [0.717, 1.165) is 30.4 Å². The second-order valence-corrected chi connectivity index (χ2v) is 9.84. The average molecular weight is 518 g/mol. The van der Waals surface area contributed by atoms with Gasteiger partial charge in [-0.3, -0.25) is 15.0 Å². The van der Waals surface area contributed by atoms with Crippen LogP contribution < -0.4 is 29.6 Å². The second-order valence-electron chi connectivity index (χ2n) is 9.84. The Morgan fingerprint density at radius 1 is 0.757 bits per heavy atom. The van der Waals surface area contributed by atoms with Gasteiger partial charge in [-0.1, -0.05) is 92.8 Å². The predicted octanol–water partition coefficient (Wildman–Crippen LogP) is 2.76. The molecule has 1 aliphatic rings. The Balaban J connectivity index is 0.00000481. The zero-order valence-corrected chi connectivity index (χ0v) is 24.2. The first kappa shape index (κ1) is 30.9. The molecular formula is C27H38N6NaO3+. The molecule has 0 aromatic heterocycles. The molecule has 1 fully saturated rings. The van der Waals surface area contributed by atoms with Crippen LogP contribution in [0.4, 0.5) is 0 Å². The van der Waals surface area contributed by atoms with Crippen molar-refractivity contribution in [1.82, 2.24) is 15.0 Å². The fourth-order valence-electron chi connectivity index (χ4n) is 5.23. The fourth-order valence-corrected chi connectivity index (χ4v) is 5.23. The monoisotopic (exact) mass is 517 g/mol. The maximum atomic E-state index is 12.2. The van der Waals surface area contributed by atoms with Crippen LogP contribution in [0.5, 0.6) is 0 Å². The van der Waals surface area contributed by atoms with Crippen LogP contribution in [-0.2, 0) is 12.8 Å². The van der Waals surface area contributed by atoms with Gasteiger partial charge in [-0.15, -0.1) is 14.7 Å². The predicted molar refractivity (Wildman–Crippen MR) is 142 cm³/mol. The maximum absolute atomic E-state index is 12.2. The minimum absolute atomic E-state index is 0. The van der Waals surface area contributed by atoms with Gasteiger partial charge in [0.05, 0.1) is 41.0 Å². The molecule has 37 heavy (non-hydrogen) atoms. The third kappa shape index (κ3) is 10.5. The summed E-state index contributed by atoms with van der Waals surface area (Å²) in [6.07, 6.45) is 7.83. The third-order valence-corrected chi connectivity index (χ3v) is 7.18. The fraction of sp³-hybridized carbons (Fsp3) is 0.556. The molecule has 0 bridgehead atoms. The number of nitrogens with zero attached hydrogens (tertiary/aromatic N) is 6. The first-order chi connectivity index (χ1) is 17.6. The first-order valence-electron chi connectivity index (χ1n) is 12.9. The van der Waals surface area contributed by atoms with Crippen LogP contribution in [0.1, 0.15) is 49.7 Å². The van der Waals surface area contributed by atoms with Crippen molar-refractivity contribution in [2.24, 2.45) is 21.8 Å². The number of benzene rings is 2.